The zero-order chi connectivity index (χ0) is 11.4. The van der Waals surface area contributed by atoms with Gasteiger partial charge in [-0.05, 0) is 21.8 Å². The number of ether oxygens (including phenoxy) is 1. The Bertz CT molecular complexity index is 436. The Kier molecular flexibility index (Phi) is 4.28. The largest absolute Gasteiger partial charge is 0.360 e. The van der Waals surface area contributed by atoms with E-state index in [4.69, 9.17) is 4.74 Å². The van der Waals surface area contributed by atoms with E-state index in [1.807, 2.05) is 13.8 Å². The van der Waals surface area contributed by atoms with Gasteiger partial charge in [0.1, 0.15) is 6.73 Å². The Hall–Kier alpha value is -0.880. The summed E-state index contributed by atoms with van der Waals surface area (Å²) in [5.74, 6) is 0.409. The molecule has 84 valence electrons. The van der Waals surface area contributed by atoms with E-state index in [0.29, 0.717) is 17.0 Å². The molecular weight excluding hydrogens is 264 g/mol. The van der Waals surface area contributed by atoms with Crippen LogP contribution in [0.3, 0.4) is 0 Å². The number of aromatic amines is 1. The van der Waals surface area contributed by atoms with E-state index in [1.165, 1.54) is 10.8 Å². The second-order valence-corrected chi connectivity index (χ2v) is 4.45. The number of rotatable bonds is 4. The third-order valence-corrected chi connectivity index (χ3v) is 2.21. The molecule has 0 atom stereocenters. The lowest BCUT2D eigenvalue weighted by molar-refractivity contribution is 0.0547. The van der Waals surface area contributed by atoms with E-state index >= 15 is 0 Å². The minimum atomic E-state index is -0.466. The Balaban J connectivity index is 2.74. The number of hydrogen-bond donors (Lipinski definition) is 1. The Morgan fingerprint density at radius 3 is 2.80 bits per heavy atom. The van der Waals surface area contributed by atoms with Crippen molar-refractivity contribution in [1.82, 2.24) is 9.55 Å². The third-order valence-electron chi connectivity index (χ3n) is 1.65. The average molecular weight is 277 g/mol. The van der Waals surface area contributed by atoms with Gasteiger partial charge in [0.05, 0.1) is 11.1 Å². The quantitative estimate of drug-likeness (QED) is 0.890. The van der Waals surface area contributed by atoms with Crippen molar-refractivity contribution >= 4 is 15.9 Å². The first-order valence-electron chi connectivity index (χ1n) is 4.57. The summed E-state index contributed by atoms with van der Waals surface area (Å²) in [4.78, 5) is 24.5. The van der Waals surface area contributed by atoms with Crippen molar-refractivity contribution in [3.8, 4) is 0 Å². The highest BCUT2D eigenvalue weighted by Gasteiger charge is 2.02. The van der Waals surface area contributed by atoms with Crippen LogP contribution < -0.4 is 11.2 Å². The second-order valence-electron chi connectivity index (χ2n) is 3.60. The van der Waals surface area contributed by atoms with Crippen LogP contribution in [-0.4, -0.2) is 16.2 Å². The molecule has 0 aliphatic carbocycles. The maximum absolute atomic E-state index is 11.3. The van der Waals surface area contributed by atoms with Gasteiger partial charge in [-0.15, -0.1) is 0 Å². The maximum atomic E-state index is 11.3. The summed E-state index contributed by atoms with van der Waals surface area (Å²) in [6, 6.07) is 0. The molecule has 0 radical (unpaired) electrons. The topological polar surface area (TPSA) is 64.1 Å². The highest BCUT2D eigenvalue weighted by atomic mass is 79.9. The van der Waals surface area contributed by atoms with Gasteiger partial charge in [0, 0.05) is 6.20 Å². The lowest BCUT2D eigenvalue weighted by Gasteiger charge is -2.08. The van der Waals surface area contributed by atoms with Crippen LogP contribution in [0.2, 0.25) is 0 Å². The Morgan fingerprint density at radius 2 is 2.20 bits per heavy atom. The molecule has 5 nitrogen and oxygen atoms in total. The second kappa shape index (κ2) is 5.27. The molecular formula is C9H13BrN2O3. The standard InChI is InChI=1S/C9H13BrN2O3/c1-6(2)4-15-5-12-3-7(10)8(13)11-9(12)14/h3,6H,4-5H2,1-2H3,(H,11,13,14). The number of halogens is 1. The average Bonchev–Trinajstić information content (AvgIpc) is 2.13. The predicted molar refractivity (Wildman–Crippen MR) is 59.8 cm³/mol. The molecule has 0 amide bonds. The van der Waals surface area contributed by atoms with Crippen LogP contribution in [-0.2, 0) is 11.5 Å². The van der Waals surface area contributed by atoms with Crippen molar-refractivity contribution < 1.29 is 4.74 Å². The van der Waals surface area contributed by atoms with Crippen molar-refractivity contribution in [2.75, 3.05) is 6.61 Å². The molecule has 0 spiro atoms. The fraction of sp³-hybridized carbons (Fsp3) is 0.556. The number of nitrogens with one attached hydrogen (secondary N) is 1. The van der Waals surface area contributed by atoms with E-state index in [-0.39, 0.29) is 6.73 Å². The Morgan fingerprint density at radius 1 is 1.53 bits per heavy atom. The number of hydrogen-bond acceptors (Lipinski definition) is 3. The van der Waals surface area contributed by atoms with Gasteiger partial charge < -0.3 is 4.74 Å². The predicted octanol–water partition coefficient (Wildman–Crippen LogP) is 0.929. The first-order chi connectivity index (χ1) is 7.00. The van der Waals surface area contributed by atoms with Gasteiger partial charge in [-0.25, -0.2) is 4.79 Å². The fourth-order valence-electron chi connectivity index (χ4n) is 0.965. The van der Waals surface area contributed by atoms with Crippen molar-refractivity contribution in [1.29, 1.82) is 0 Å². The molecule has 0 aliphatic rings. The summed E-state index contributed by atoms with van der Waals surface area (Å²) in [6.07, 6.45) is 1.42. The van der Waals surface area contributed by atoms with Crippen LogP contribution in [0.4, 0.5) is 0 Å². The molecule has 0 saturated carbocycles. The van der Waals surface area contributed by atoms with Crippen LogP contribution >= 0.6 is 15.9 Å². The molecule has 6 heteroatoms. The first-order valence-corrected chi connectivity index (χ1v) is 5.37. The highest BCUT2D eigenvalue weighted by Crippen LogP contribution is 1.99. The molecule has 1 rings (SSSR count). The van der Waals surface area contributed by atoms with Crippen LogP contribution in [0, 0.1) is 5.92 Å². The van der Waals surface area contributed by atoms with Gasteiger partial charge in [-0.3, -0.25) is 14.3 Å². The smallest absolute Gasteiger partial charge is 0.330 e. The van der Waals surface area contributed by atoms with E-state index in [1.54, 1.807) is 0 Å². The van der Waals surface area contributed by atoms with Crippen molar-refractivity contribution in [3.05, 3.63) is 31.5 Å². The van der Waals surface area contributed by atoms with Crippen LogP contribution in [0.25, 0.3) is 0 Å². The van der Waals surface area contributed by atoms with Gasteiger partial charge in [-0.2, -0.15) is 0 Å². The molecule has 0 unspecified atom stereocenters. The monoisotopic (exact) mass is 276 g/mol. The number of aromatic nitrogens is 2. The van der Waals surface area contributed by atoms with Crippen LogP contribution in [0.1, 0.15) is 13.8 Å². The van der Waals surface area contributed by atoms with Crippen molar-refractivity contribution in [2.24, 2.45) is 5.92 Å². The summed E-state index contributed by atoms with van der Waals surface area (Å²) in [5.41, 5.74) is -0.896. The molecule has 1 aromatic rings. The number of nitrogens with zero attached hydrogens (tertiary/aromatic N) is 1. The molecule has 0 aromatic carbocycles. The van der Waals surface area contributed by atoms with Crippen LogP contribution in [0.15, 0.2) is 20.3 Å². The zero-order valence-corrected chi connectivity index (χ0v) is 10.2. The van der Waals surface area contributed by atoms with Gasteiger partial charge in [0.2, 0.25) is 0 Å². The van der Waals surface area contributed by atoms with E-state index < -0.39 is 11.2 Å². The first kappa shape index (κ1) is 12.2. The summed E-state index contributed by atoms with van der Waals surface area (Å²) < 4.78 is 6.89. The molecule has 1 N–H and O–H groups in total. The van der Waals surface area contributed by atoms with Gasteiger partial charge >= 0.3 is 5.69 Å². The number of H-pyrrole nitrogens is 1. The lowest BCUT2D eigenvalue weighted by atomic mass is 10.2. The van der Waals surface area contributed by atoms with Gasteiger partial charge in [-0.1, -0.05) is 13.8 Å². The molecule has 1 heterocycles. The fourth-order valence-corrected chi connectivity index (χ4v) is 1.31. The molecule has 0 fully saturated rings. The summed E-state index contributed by atoms with van der Waals surface area (Å²) in [5, 5.41) is 0. The van der Waals surface area contributed by atoms with Crippen LogP contribution in [0.5, 0.6) is 0 Å². The minimum absolute atomic E-state index is 0.145. The zero-order valence-electron chi connectivity index (χ0n) is 8.62. The molecule has 0 saturated heterocycles. The lowest BCUT2D eigenvalue weighted by Crippen LogP contribution is -2.30. The molecule has 1 aromatic heterocycles. The molecule has 0 aliphatic heterocycles. The Labute approximate surface area is 95.2 Å². The van der Waals surface area contributed by atoms with Gasteiger partial charge in [0.25, 0.3) is 5.56 Å². The van der Waals surface area contributed by atoms with Crippen molar-refractivity contribution in [2.45, 2.75) is 20.6 Å². The summed E-state index contributed by atoms with van der Waals surface area (Å²) >= 11 is 3.04. The third kappa shape index (κ3) is 3.64. The SMILES string of the molecule is CC(C)COCn1cc(Br)c(=O)[nH]c1=O. The normalized spacial score (nSPS) is 10.9. The summed E-state index contributed by atoms with van der Waals surface area (Å²) in [6.45, 7) is 4.76. The molecule has 15 heavy (non-hydrogen) atoms. The minimum Gasteiger partial charge on any atom is -0.360 e. The van der Waals surface area contributed by atoms with E-state index in [2.05, 4.69) is 20.9 Å². The highest BCUT2D eigenvalue weighted by molar-refractivity contribution is 9.10. The van der Waals surface area contributed by atoms with Crippen molar-refractivity contribution in [3.63, 3.8) is 0 Å². The van der Waals surface area contributed by atoms with E-state index in [9.17, 15) is 9.59 Å². The van der Waals surface area contributed by atoms with Gasteiger partial charge in [0.15, 0.2) is 0 Å². The summed E-state index contributed by atoms with van der Waals surface area (Å²) in [7, 11) is 0. The molecule has 0 bridgehead atoms. The van der Waals surface area contributed by atoms with E-state index in [0.717, 1.165) is 0 Å². The maximum Gasteiger partial charge on any atom is 0.330 e.